The summed E-state index contributed by atoms with van der Waals surface area (Å²) in [5.41, 5.74) is 0. The summed E-state index contributed by atoms with van der Waals surface area (Å²) in [6.45, 7) is 1.97. The number of nitrogens with one attached hydrogen (secondary N) is 1. The molecular formula is C10H14N6O. The van der Waals surface area contributed by atoms with E-state index < -0.39 is 0 Å². The molecule has 7 heteroatoms. The molecule has 90 valence electrons. The molecule has 1 unspecified atom stereocenters. The summed E-state index contributed by atoms with van der Waals surface area (Å²) >= 11 is 0. The number of nitrogens with zero attached hydrogens (tertiary/aromatic N) is 5. The van der Waals surface area contributed by atoms with Crippen molar-refractivity contribution in [3.05, 3.63) is 24.5 Å². The molecule has 1 N–H and O–H groups in total. The highest BCUT2D eigenvalue weighted by molar-refractivity contribution is 5.29. The van der Waals surface area contributed by atoms with Gasteiger partial charge in [0.2, 0.25) is 5.95 Å². The lowest BCUT2D eigenvalue weighted by atomic mass is 10.3. The van der Waals surface area contributed by atoms with Gasteiger partial charge in [-0.2, -0.15) is 0 Å². The van der Waals surface area contributed by atoms with E-state index in [2.05, 4.69) is 25.5 Å². The minimum Gasteiger partial charge on any atom is -0.494 e. The van der Waals surface area contributed by atoms with Crippen molar-refractivity contribution in [1.29, 1.82) is 0 Å². The van der Waals surface area contributed by atoms with Crippen molar-refractivity contribution in [1.82, 2.24) is 24.7 Å². The number of hydrogen-bond donors (Lipinski definition) is 1. The molecule has 0 aliphatic rings. The van der Waals surface area contributed by atoms with Crippen LogP contribution in [0.15, 0.2) is 18.7 Å². The van der Waals surface area contributed by atoms with E-state index in [9.17, 15) is 0 Å². The fourth-order valence-corrected chi connectivity index (χ4v) is 1.44. The average molecular weight is 234 g/mol. The molecule has 17 heavy (non-hydrogen) atoms. The van der Waals surface area contributed by atoms with Crippen molar-refractivity contribution in [3.8, 4) is 5.75 Å². The van der Waals surface area contributed by atoms with Crippen molar-refractivity contribution in [2.45, 2.75) is 13.0 Å². The second-order valence-corrected chi connectivity index (χ2v) is 3.61. The fourth-order valence-electron chi connectivity index (χ4n) is 1.44. The Morgan fingerprint density at radius 1 is 1.35 bits per heavy atom. The minimum atomic E-state index is -0.0177. The van der Waals surface area contributed by atoms with Gasteiger partial charge in [-0.05, 0) is 6.92 Å². The summed E-state index contributed by atoms with van der Waals surface area (Å²) in [4.78, 5) is 8.25. The van der Waals surface area contributed by atoms with Gasteiger partial charge in [0.05, 0.1) is 25.5 Å². The van der Waals surface area contributed by atoms with Gasteiger partial charge in [-0.1, -0.05) is 0 Å². The Kier molecular flexibility index (Phi) is 3.17. The Labute approximate surface area is 98.9 Å². The predicted molar refractivity (Wildman–Crippen MR) is 61.6 cm³/mol. The molecule has 0 amide bonds. The van der Waals surface area contributed by atoms with Crippen LogP contribution in [0, 0.1) is 0 Å². The lowest BCUT2D eigenvalue weighted by Crippen LogP contribution is -2.13. The SMILES string of the molecule is COc1cnc(NC(C)c2nncn2C)nc1. The predicted octanol–water partition coefficient (Wildman–Crippen LogP) is 0.787. The van der Waals surface area contributed by atoms with Gasteiger partial charge < -0.3 is 14.6 Å². The van der Waals surface area contributed by atoms with Crippen LogP contribution in [0.4, 0.5) is 5.95 Å². The first-order valence-electron chi connectivity index (χ1n) is 5.17. The Morgan fingerprint density at radius 2 is 2.06 bits per heavy atom. The summed E-state index contributed by atoms with van der Waals surface area (Å²) in [6.07, 6.45) is 4.87. The Bertz CT molecular complexity index is 480. The molecular weight excluding hydrogens is 220 g/mol. The van der Waals surface area contributed by atoms with Crippen LogP contribution in [0.2, 0.25) is 0 Å². The summed E-state index contributed by atoms with van der Waals surface area (Å²) in [6, 6.07) is -0.0177. The van der Waals surface area contributed by atoms with Gasteiger partial charge in [0, 0.05) is 7.05 Å². The molecule has 2 aromatic rings. The number of anilines is 1. The van der Waals surface area contributed by atoms with Crippen LogP contribution < -0.4 is 10.1 Å². The molecule has 2 heterocycles. The summed E-state index contributed by atoms with van der Waals surface area (Å²) in [5.74, 6) is 1.98. The monoisotopic (exact) mass is 234 g/mol. The lowest BCUT2D eigenvalue weighted by Gasteiger charge is -2.12. The molecule has 1 atom stereocenters. The first-order chi connectivity index (χ1) is 8.20. The van der Waals surface area contributed by atoms with Crippen molar-refractivity contribution in [2.75, 3.05) is 12.4 Å². The molecule has 0 spiro atoms. The smallest absolute Gasteiger partial charge is 0.223 e. The van der Waals surface area contributed by atoms with E-state index in [4.69, 9.17) is 4.74 Å². The lowest BCUT2D eigenvalue weighted by molar-refractivity contribution is 0.411. The van der Waals surface area contributed by atoms with Gasteiger partial charge in [0.15, 0.2) is 11.6 Å². The number of methoxy groups -OCH3 is 1. The Morgan fingerprint density at radius 3 is 2.59 bits per heavy atom. The van der Waals surface area contributed by atoms with Crippen LogP contribution >= 0.6 is 0 Å². The summed E-state index contributed by atoms with van der Waals surface area (Å²) in [5, 5.41) is 11.0. The minimum absolute atomic E-state index is 0.0177. The van der Waals surface area contributed by atoms with Gasteiger partial charge in [0.1, 0.15) is 6.33 Å². The largest absolute Gasteiger partial charge is 0.494 e. The van der Waals surface area contributed by atoms with E-state index in [1.165, 1.54) is 0 Å². The van der Waals surface area contributed by atoms with Crippen LogP contribution in [-0.2, 0) is 7.05 Å². The maximum atomic E-state index is 4.99. The van der Waals surface area contributed by atoms with Crippen LogP contribution in [0.3, 0.4) is 0 Å². The zero-order valence-corrected chi connectivity index (χ0v) is 9.95. The van der Waals surface area contributed by atoms with Gasteiger partial charge in [-0.25, -0.2) is 9.97 Å². The zero-order chi connectivity index (χ0) is 12.3. The van der Waals surface area contributed by atoms with E-state index in [1.54, 1.807) is 25.8 Å². The molecule has 0 aromatic carbocycles. The second kappa shape index (κ2) is 4.77. The molecule has 0 fully saturated rings. The topological polar surface area (TPSA) is 77.8 Å². The molecule has 0 aliphatic heterocycles. The highest BCUT2D eigenvalue weighted by atomic mass is 16.5. The number of aryl methyl sites for hydroxylation is 1. The zero-order valence-electron chi connectivity index (χ0n) is 9.95. The van der Waals surface area contributed by atoms with Crippen molar-refractivity contribution in [2.24, 2.45) is 7.05 Å². The number of hydrogen-bond acceptors (Lipinski definition) is 6. The van der Waals surface area contributed by atoms with Gasteiger partial charge >= 0.3 is 0 Å². The number of aromatic nitrogens is 5. The molecule has 2 aromatic heterocycles. The first kappa shape index (κ1) is 11.3. The summed E-state index contributed by atoms with van der Waals surface area (Å²) in [7, 11) is 3.47. The summed E-state index contributed by atoms with van der Waals surface area (Å²) < 4.78 is 6.83. The van der Waals surface area contributed by atoms with E-state index in [0.717, 1.165) is 5.82 Å². The van der Waals surface area contributed by atoms with Crippen LogP contribution in [-0.4, -0.2) is 31.8 Å². The van der Waals surface area contributed by atoms with Crippen molar-refractivity contribution < 1.29 is 4.74 Å². The third kappa shape index (κ3) is 2.49. The normalized spacial score (nSPS) is 12.2. The highest BCUT2D eigenvalue weighted by Crippen LogP contribution is 2.14. The molecule has 0 bridgehead atoms. The number of rotatable bonds is 4. The van der Waals surface area contributed by atoms with E-state index in [0.29, 0.717) is 11.7 Å². The molecule has 0 aliphatic carbocycles. The molecule has 0 saturated heterocycles. The second-order valence-electron chi connectivity index (χ2n) is 3.61. The first-order valence-corrected chi connectivity index (χ1v) is 5.17. The van der Waals surface area contributed by atoms with Crippen LogP contribution in [0.5, 0.6) is 5.75 Å². The van der Waals surface area contributed by atoms with E-state index >= 15 is 0 Å². The average Bonchev–Trinajstić information content (AvgIpc) is 2.76. The maximum absolute atomic E-state index is 4.99. The van der Waals surface area contributed by atoms with E-state index in [1.807, 2.05) is 18.5 Å². The Hall–Kier alpha value is -2.18. The van der Waals surface area contributed by atoms with Crippen LogP contribution in [0.25, 0.3) is 0 Å². The Balaban J connectivity index is 2.07. The van der Waals surface area contributed by atoms with Gasteiger partial charge in [0.25, 0.3) is 0 Å². The quantitative estimate of drug-likeness (QED) is 0.842. The van der Waals surface area contributed by atoms with Crippen molar-refractivity contribution >= 4 is 5.95 Å². The van der Waals surface area contributed by atoms with Gasteiger partial charge in [-0.15, -0.1) is 10.2 Å². The van der Waals surface area contributed by atoms with Crippen LogP contribution in [0.1, 0.15) is 18.8 Å². The molecule has 2 rings (SSSR count). The fraction of sp³-hybridized carbons (Fsp3) is 0.400. The standard InChI is InChI=1S/C10H14N6O/c1-7(9-15-13-6-16(9)2)14-10-11-4-8(17-3)5-12-10/h4-7H,1-3H3,(H,11,12,14). The number of ether oxygens (including phenoxy) is 1. The maximum Gasteiger partial charge on any atom is 0.223 e. The molecule has 0 radical (unpaired) electrons. The molecule has 0 saturated carbocycles. The van der Waals surface area contributed by atoms with E-state index in [-0.39, 0.29) is 6.04 Å². The third-order valence-corrected chi connectivity index (χ3v) is 2.34. The van der Waals surface area contributed by atoms with Gasteiger partial charge in [-0.3, -0.25) is 0 Å². The van der Waals surface area contributed by atoms with Crippen molar-refractivity contribution in [3.63, 3.8) is 0 Å². The highest BCUT2D eigenvalue weighted by Gasteiger charge is 2.12. The molecule has 7 nitrogen and oxygen atoms in total. The third-order valence-electron chi connectivity index (χ3n) is 2.34.